The van der Waals surface area contributed by atoms with E-state index in [1.54, 1.807) is 36.4 Å². The van der Waals surface area contributed by atoms with Crippen molar-refractivity contribution in [1.29, 1.82) is 0 Å². The molecule has 5 nitrogen and oxygen atoms in total. The van der Waals surface area contributed by atoms with Crippen LogP contribution in [-0.4, -0.2) is 22.3 Å². The highest BCUT2D eigenvalue weighted by Gasteiger charge is 2.16. The van der Waals surface area contributed by atoms with Crippen LogP contribution < -0.4 is 5.43 Å². The second kappa shape index (κ2) is 7.88. The summed E-state index contributed by atoms with van der Waals surface area (Å²) in [5.74, 6) is -0.537. The van der Waals surface area contributed by atoms with Crippen LogP contribution in [0.25, 0.3) is 0 Å². The Morgan fingerprint density at radius 1 is 1.23 bits per heavy atom. The van der Waals surface area contributed by atoms with Crippen molar-refractivity contribution < 1.29 is 15.0 Å². The van der Waals surface area contributed by atoms with E-state index in [4.69, 9.17) is 0 Å². The molecule has 0 aliphatic carbocycles. The molecule has 0 spiro atoms. The van der Waals surface area contributed by atoms with Crippen LogP contribution in [0.2, 0.25) is 0 Å². The molecule has 2 rings (SSSR count). The van der Waals surface area contributed by atoms with E-state index in [2.05, 4.69) is 33.1 Å². The summed E-state index contributed by atoms with van der Waals surface area (Å²) in [6, 6.07) is 12.1. The minimum absolute atomic E-state index is 0.0997. The molecule has 3 N–H and O–H groups in total. The SMILES string of the molecule is O=C(N/N=C/c1cc(I)cc(I)c1O)C(O)c1ccccc1. The van der Waals surface area contributed by atoms with Gasteiger partial charge in [0.05, 0.1) is 9.78 Å². The number of hydrazone groups is 1. The Morgan fingerprint density at radius 3 is 2.59 bits per heavy atom. The molecular weight excluding hydrogens is 510 g/mol. The van der Waals surface area contributed by atoms with Crippen LogP contribution in [0.3, 0.4) is 0 Å². The molecular formula is C15H12I2N2O3. The van der Waals surface area contributed by atoms with Crippen molar-refractivity contribution in [3.63, 3.8) is 0 Å². The average Bonchev–Trinajstić information content (AvgIpc) is 2.51. The molecule has 0 aliphatic rings. The molecule has 7 heteroatoms. The molecule has 1 unspecified atom stereocenters. The number of halogens is 2. The number of carbonyl (C=O) groups excluding carboxylic acids is 1. The number of hydrogen-bond acceptors (Lipinski definition) is 4. The highest BCUT2D eigenvalue weighted by Crippen LogP contribution is 2.25. The van der Waals surface area contributed by atoms with Gasteiger partial charge < -0.3 is 10.2 Å². The van der Waals surface area contributed by atoms with Crippen molar-refractivity contribution in [2.45, 2.75) is 6.10 Å². The fourth-order valence-corrected chi connectivity index (χ4v) is 3.59. The Balaban J connectivity index is 2.05. The highest BCUT2D eigenvalue weighted by atomic mass is 127. The third-order valence-electron chi connectivity index (χ3n) is 2.80. The minimum atomic E-state index is -1.29. The zero-order valence-corrected chi connectivity index (χ0v) is 15.5. The van der Waals surface area contributed by atoms with Gasteiger partial charge in [0, 0.05) is 9.13 Å². The Kier molecular flexibility index (Phi) is 6.15. The normalized spacial score (nSPS) is 12.3. The zero-order chi connectivity index (χ0) is 16.1. The van der Waals surface area contributed by atoms with Gasteiger partial charge in [-0.15, -0.1) is 0 Å². The molecule has 0 heterocycles. The Hall–Kier alpha value is -1.20. The van der Waals surface area contributed by atoms with Gasteiger partial charge in [-0.1, -0.05) is 30.3 Å². The van der Waals surface area contributed by atoms with Crippen molar-refractivity contribution >= 4 is 57.3 Å². The number of nitrogens with zero attached hydrogens (tertiary/aromatic N) is 1. The Bertz CT molecular complexity index is 705. The second-order valence-electron chi connectivity index (χ2n) is 4.37. The number of nitrogens with one attached hydrogen (secondary N) is 1. The first-order valence-electron chi connectivity index (χ1n) is 6.23. The Labute approximate surface area is 154 Å². The van der Waals surface area contributed by atoms with E-state index in [0.29, 0.717) is 14.7 Å². The minimum Gasteiger partial charge on any atom is -0.506 e. The van der Waals surface area contributed by atoms with Crippen molar-refractivity contribution in [3.05, 3.63) is 60.7 Å². The van der Waals surface area contributed by atoms with Crippen LogP contribution in [0.4, 0.5) is 0 Å². The largest absolute Gasteiger partial charge is 0.506 e. The van der Waals surface area contributed by atoms with E-state index in [9.17, 15) is 15.0 Å². The van der Waals surface area contributed by atoms with E-state index in [1.165, 1.54) is 6.21 Å². The molecule has 0 aliphatic heterocycles. The van der Waals surface area contributed by atoms with Crippen LogP contribution in [0.1, 0.15) is 17.2 Å². The number of hydrogen-bond donors (Lipinski definition) is 3. The van der Waals surface area contributed by atoms with E-state index in [0.717, 1.165) is 3.57 Å². The van der Waals surface area contributed by atoms with Crippen LogP contribution in [0.5, 0.6) is 5.75 Å². The summed E-state index contributed by atoms with van der Waals surface area (Å²) < 4.78 is 1.64. The van der Waals surface area contributed by atoms with Crippen LogP contribution >= 0.6 is 45.2 Å². The van der Waals surface area contributed by atoms with E-state index < -0.39 is 12.0 Å². The number of carbonyl (C=O) groups is 1. The number of amides is 1. The molecule has 0 aromatic heterocycles. The summed E-state index contributed by atoms with van der Waals surface area (Å²) in [6.07, 6.45) is 0.0536. The number of rotatable bonds is 4. The van der Waals surface area contributed by atoms with E-state index in [-0.39, 0.29) is 5.75 Å². The molecule has 114 valence electrons. The molecule has 0 saturated carbocycles. The third-order valence-corrected chi connectivity index (χ3v) is 4.24. The number of aromatic hydroxyl groups is 1. The van der Waals surface area contributed by atoms with Crippen LogP contribution in [-0.2, 0) is 4.79 Å². The lowest BCUT2D eigenvalue weighted by molar-refractivity contribution is -0.129. The predicted octanol–water partition coefficient (Wildman–Crippen LogP) is 2.79. The summed E-state index contributed by atoms with van der Waals surface area (Å²) in [4.78, 5) is 11.8. The van der Waals surface area contributed by atoms with Gasteiger partial charge in [0.15, 0.2) is 6.10 Å². The molecule has 2 aromatic rings. The lowest BCUT2D eigenvalue weighted by Crippen LogP contribution is -2.25. The molecule has 0 saturated heterocycles. The fraction of sp³-hybridized carbons (Fsp3) is 0.0667. The summed E-state index contributed by atoms with van der Waals surface area (Å²) in [7, 11) is 0. The maximum absolute atomic E-state index is 11.8. The molecule has 1 amide bonds. The van der Waals surface area contributed by atoms with Gasteiger partial charge >= 0.3 is 0 Å². The van der Waals surface area contributed by atoms with Crippen molar-refractivity contribution in [2.24, 2.45) is 5.10 Å². The molecule has 2 aromatic carbocycles. The molecule has 0 fully saturated rings. The van der Waals surface area contributed by atoms with Gasteiger partial charge in [-0.25, -0.2) is 5.43 Å². The molecule has 22 heavy (non-hydrogen) atoms. The highest BCUT2D eigenvalue weighted by molar-refractivity contribution is 14.1. The molecule has 1 atom stereocenters. The smallest absolute Gasteiger partial charge is 0.273 e. The van der Waals surface area contributed by atoms with Crippen molar-refractivity contribution in [1.82, 2.24) is 5.43 Å². The lowest BCUT2D eigenvalue weighted by Gasteiger charge is -2.08. The number of benzene rings is 2. The van der Waals surface area contributed by atoms with Gasteiger partial charge in [0.25, 0.3) is 5.91 Å². The summed E-state index contributed by atoms with van der Waals surface area (Å²) in [5.41, 5.74) is 3.24. The number of aliphatic hydroxyl groups is 1. The first-order chi connectivity index (χ1) is 10.5. The summed E-state index contributed by atoms with van der Waals surface area (Å²) in [5, 5.41) is 23.6. The monoisotopic (exact) mass is 522 g/mol. The fourth-order valence-electron chi connectivity index (χ4n) is 1.70. The zero-order valence-electron chi connectivity index (χ0n) is 11.2. The van der Waals surface area contributed by atoms with Crippen LogP contribution in [0, 0.1) is 7.14 Å². The summed E-state index contributed by atoms with van der Waals surface area (Å²) >= 11 is 4.14. The van der Waals surface area contributed by atoms with E-state index >= 15 is 0 Å². The van der Waals surface area contributed by atoms with Gasteiger partial charge in [-0.05, 0) is 62.9 Å². The first-order valence-corrected chi connectivity index (χ1v) is 8.38. The number of aliphatic hydroxyl groups excluding tert-OH is 1. The van der Waals surface area contributed by atoms with Crippen LogP contribution in [0.15, 0.2) is 47.6 Å². The number of phenolic OH excluding ortho intramolecular Hbond substituents is 1. The Morgan fingerprint density at radius 2 is 1.91 bits per heavy atom. The topological polar surface area (TPSA) is 81.9 Å². The third kappa shape index (κ3) is 4.40. The molecule has 0 bridgehead atoms. The lowest BCUT2D eigenvalue weighted by atomic mass is 10.1. The van der Waals surface area contributed by atoms with Gasteiger partial charge in [-0.3, -0.25) is 4.79 Å². The number of phenols is 1. The van der Waals surface area contributed by atoms with Gasteiger partial charge in [-0.2, -0.15) is 5.10 Å². The first kappa shape index (κ1) is 17.2. The van der Waals surface area contributed by atoms with Crippen molar-refractivity contribution in [3.8, 4) is 5.75 Å². The van der Waals surface area contributed by atoms with E-state index in [1.807, 2.05) is 28.7 Å². The maximum atomic E-state index is 11.8. The maximum Gasteiger partial charge on any atom is 0.273 e. The van der Waals surface area contributed by atoms with Gasteiger partial charge in [0.1, 0.15) is 5.75 Å². The summed E-state index contributed by atoms with van der Waals surface area (Å²) in [6.45, 7) is 0. The molecule has 0 radical (unpaired) electrons. The average molecular weight is 522 g/mol. The second-order valence-corrected chi connectivity index (χ2v) is 6.78. The quantitative estimate of drug-likeness (QED) is 0.329. The predicted molar refractivity (Wildman–Crippen MR) is 101 cm³/mol. The standard InChI is InChI=1S/C15H12I2N2O3/c16-11-6-10(13(20)12(17)7-11)8-18-19-15(22)14(21)9-4-2-1-3-5-9/h1-8,14,20-21H,(H,19,22)/b18-8+. The van der Waals surface area contributed by atoms with Gasteiger partial charge in [0.2, 0.25) is 0 Å². The van der Waals surface area contributed by atoms with Crippen molar-refractivity contribution in [2.75, 3.05) is 0 Å².